The zero-order valence-electron chi connectivity index (χ0n) is 16.8. The van der Waals surface area contributed by atoms with Crippen LogP contribution in [0.25, 0.3) is 5.78 Å². The highest BCUT2D eigenvalue weighted by atomic mass is 19.3. The first kappa shape index (κ1) is 21.1. The number of hydrogen-bond donors (Lipinski definition) is 0. The molecule has 0 aliphatic carbocycles. The van der Waals surface area contributed by atoms with E-state index in [1.807, 2.05) is 6.92 Å². The van der Waals surface area contributed by atoms with Gasteiger partial charge in [-0.1, -0.05) is 6.92 Å². The van der Waals surface area contributed by atoms with Crippen LogP contribution in [0.2, 0.25) is 0 Å². The molecule has 1 aliphatic rings. The summed E-state index contributed by atoms with van der Waals surface area (Å²) in [5, 5.41) is 4.10. The fraction of sp³-hybridized carbons (Fsp3) is 0.450. The minimum atomic E-state index is -2.79. The van der Waals surface area contributed by atoms with Crippen LogP contribution in [0.4, 0.5) is 17.6 Å². The Kier molecular flexibility index (Phi) is 5.59. The summed E-state index contributed by atoms with van der Waals surface area (Å²) in [5.41, 5.74) is 0.0814. The third-order valence-corrected chi connectivity index (χ3v) is 5.59. The summed E-state index contributed by atoms with van der Waals surface area (Å²) in [6.07, 6.45) is -3.70. The van der Waals surface area contributed by atoms with Gasteiger partial charge in [-0.05, 0) is 37.5 Å². The molecule has 11 heteroatoms. The lowest BCUT2D eigenvalue weighted by Gasteiger charge is -2.37. The summed E-state index contributed by atoms with van der Waals surface area (Å²) in [6.45, 7) is 4.18. The Balaban J connectivity index is 1.68. The van der Waals surface area contributed by atoms with Crippen molar-refractivity contribution >= 4 is 11.7 Å². The Hall–Kier alpha value is -3.11. The quantitative estimate of drug-likeness (QED) is 0.579. The first-order valence-electron chi connectivity index (χ1n) is 9.79. The van der Waals surface area contributed by atoms with Crippen LogP contribution in [0.15, 0.2) is 24.5 Å². The molecule has 3 aromatic rings. The molecule has 1 fully saturated rings. The van der Waals surface area contributed by atoms with Crippen LogP contribution in [0.5, 0.6) is 0 Å². The molecule has 3 aromatic heterocycles. The molecule has 31 heavy (non-hydrogen) atoms. The number of aromatic nitrogens is 5. The number of fused-ring (bicyclic) bond motifs is 1. The third kappa shape index (κ3) is 4.08. The second kappa shape index (κ2) is 8.20. The van der Waals surface area contributed by atoms with Crippen molar-refractivity contribution in [2.45, 2.75) is 39.0 Å². The van der Waals surface area contributed by atoms with E-state index in [2.05, 4.69) is 20.1 Å². The molecule has 0 N–H and O–H groups in total. The topological polar surface area (TPSA) is 76.3 Å². The van der Waals surface area contributed by atoms with Crippen LogP contribution in [-0.2, 0) is 0 Å². The van der Waals surface area contributed by atoms with E-state index in [0.29, 0.717) is 24.4 Å². The van der Waals surface area contributed by atoms with E-state index in [9.17, 15) is 22.4 Å². The van der Waals surface area contributed by atoms with Crippen LogP contribution < -0.4 is 0 Å². The highest BCUT2D eigenvalue weighted by Gasteiger charge is 2.33. The summed E-state index contributed by atoms with van der Waals surface area (Å²) in [6, 6.07) is 3.87. The van der Waals surface area contributed by atoms with Crippen LogP contribution >= 0.6 is 0 Å². The molecule has 0 bridgehead atoms. The van der Waals surface area contributed by atoms with E-state index in [0.717, 1.165) is 6.07 Å². The lowest BCUT2D eigenvalue weighted by molar-refractivity contribution is 0.0664. The first-order chi connectivity index (χ1) is 14.7. The van der Waals surface area contributed by atoms with E-state index in [-0.39, 0.29) is 29.7 Å². The predicted octanol–water partition coefficient (Wildman–Crippen LogP) is 3.97. The highest BCUT2D eigenvalue weighted by Crippen LogP contribution is 2.34. The summed E-state index contributed by atoms with van der Waals surface area (Å²) >= 11 is 0. The van der Waals surface area contributed by atoms with Crippen molar-refractivity contribution in [3.05, 3.63) is 52.9 Å². The van der Waals surface area contributed by atoms with Crippen LogP contribution in [-0.4, -0.2) is 48.5 Å². The molecule has 1 amide bonds. The normalized spacial score (nSPS) is 19.5. The Morgan fingerprint density at radius 3 is 2.52 bits per heavy atom. The second-order valence-electron chi connectivity index (χ2n) is 7.72. The maximum atomic E-state index is 13.4. The largest absolute Gasteiger partial charge is 0.338 e. The van der Waals surface area contributed by atoms with E-state index >= 15 is 0 Å². The summed E-state index contributed by atoms with van der Waals surface area (Å²) in [7, 11) is 0. The highest BCUT2D eigenvalue weighted by molar-refractivity contribution is 5.94. The number of pyridine rings is 1. The van der Waals surface area contributed by atoms with Crippen molar-refractivity contribution in [3.63, 3.8) is 0 Å². The molecule has 1 aliphatic heterocycles. The minimum absolute atomic E-state index is 0.0646. The summed E-state index contributed by atoms with van der Waals surface area (Å²) < 4.78 is 54.4. The number of carbonyl (C=O) groups is 1. The molecule has 7 nitrogen and oxygen atoms in total. The third-order valence-electron chi connectivity index (χ3n) is 5.59. The number of amides is 1. The number of nitrogens with zero attached hydrogens (tertiary/aromatic N) is 6. The second-order valence-corrected chi connectivity index (χ2v) is 7.72. The molecular formula is C20H20F4N6O. The Bertz CT molecular complexity index is 1120. The van der Waals surface area contributed by atoms with Gasteiger partial charge in [-0.15, -0.1) is 0 Å². The smallest absolute Gasteiger partial charge is 0.280 e. The summed E-state index contributed by atoms with van der Waals surface area (Å²) in [5.74, 6) is -0.572. The number of piperidine rings is 1. The first-order valence-corrected chi connectivity index (χ1v) is 9.79. The molecule has 2 atom stereocenters. The van der Waals surface area contributed by atoms with Crippen LogP contribution in [0.3, 0.4) is 0 Å². The number of alkyl halides is 4. The molecule has 0 saturated carbocycles. The number of carbonyl (C=O) groups excluding carboxylic acids is 1. The van der Waals surface area contributed by atoms with Crippen molar-refractivity contribution in [1.29, 1.82) is 0 Å². The monoisotopic (exact) mass is 436 g/mol. The Morgan fingerprint density at radius 2 is 1.81 bits per heavy atom. The summed E-state index contributed by atoms with van der Waals surface area (Å²) in [4.78, 5) is 26.2. The molecule has 4 heterocycles. The standard InChI is InChI=1S/C20H20F4N6O/c1-10-3-4-29(19(31)12-5-11(2)27-14(6-12)17(21)22)8-13(10)16-7-15(18(23)24)28-20-25-9-26-30(16)20/h5-7,9-10,13,17-18H,3-4,8H2,1-2H3/t10-,13-/m1/s1. The fourth-order valence-corrected chi connectivity index (χ4v) is 3.98. The SMILES string of the molecule is Cc1cc(C(=O)N2CC[C@@H](C)[C@H](c3cc(C(F)F)nc4ncnn34)C2)cc(C(F)F)n1. The van der Waals surface area contributed by atoms with Gasteiger partial charge >= 0.3 is 0 Å². The van der Waals surface area contributed by atoms with Crippen molar-refractivity contribution < 1.29 is 22.4 Å². The molecule has 0 aromatic carbocycles. The van der Waals surface area contributed by atoms with Crippen molar-refractivity contribution in [1.82, 2.24) is 29.5 Å². The van der Waals surface area contributed by atoms with E-state index in [1.54, 1.807) is 11.8 Å². The fourth-order valence-electron chi connectivity index (χ4n) is 3.98. The van der Waals surface area contributed by atoms with Crippen LogP contribution in [0, 0.1) is 12.8 Å². The van der Waals surface area contributed by atoms with Crippen molar-refractivity contribution in [3.8, 4) is 0 Å². The molecular weight excluding hydrogens is 416 g/mol. The van der Waals surface area contributed by atoms with E-state index in [1.165, 1.54) is 23.0 Å². The van der Waals surface area contributed by atoms with Crippen LogP contribution in [0.1, 0.15) is 65.2 Å². The van der Waals surface area contributed by atoms with Gasteiger partial charge < -0.3 is 4.90 Å². The average molecular weight is 436 g/mol. The maximum Gasteiger partial charge on any atom is 0.280 e. The lowest BCUT2D eigenvalue weighted by atomic mass is 9.84. The zero-order chi connectivity index (χ0) is 22.3. The van der Waals surface area contributed by atoms with Crippen molar-refractivity contribution in [2.75, 3.05) is 13.1 Å². The van der Waals surface area contributed by atoms with Gasteiger partial charge in [0.15, 0.2) is 0 Å². The van der Waals surface area contributed by atoms with Crippen molar-refractivity contribution in [2.24, 2.45) is 5.92 Å². The molecule has 164 valence electrons. The van der Waals surface area contributed by atoms with Gasteiger partial charge in [0, 0.05) is 30.3 Å². The van der Waals surface area contributed by atoms with E-state index < -0.39 is 30.1 Å². The van der Waals surface area contributed by atoms with Gasteiger partial charge in [0.05, 0.1) is 5.69 Å². The van der Waals surface area contributed by atoms with Gasteiger partial charge in [-0.3, -0.25) is 9.78 Å². The van der Waals surface area contributed by atoms with Gasteiger partial charge in [-0.2, -0.15) is 10.1 Å². The molecule has 0 spiro atoms. The van der Waals surface area contributed by atoms with Gasteiger partial charge in [0.2, 0.25) is 0 Å². The number of hydrogen-bond acceptors (Lipinski definition) is 5. The number of aryl methyl sites for hydroxylation is 1. The molecule has 0 unspecified atom stereocenters. The average Bonchev–Trinajstić information content (AvgIpc) is 3.21. The molecule has 1 saturated heterocycles. The predicted molar refractivity (Wildman–Crippen MR) is 102 cm³/mol. The minimum Gasteiger partial charge on any atom is -0.338 e. The van der Waals surface area contributed by atoms with Gasteiger partial charge in [0.25, 0.3) is 24.5 Å². The maximum absolute atomic E-state index is 13.4. The zero-order valence-corrected chi connectivity index (χ0v) is 16.8. The lowest BCUT2D eigenvalue weighted by Crippen LogP contribution is -2.42. The number of halogens is 4. The van der Waals surface area contributed by atoms with E-state index in [4.69, 9.17) is 0 Å². The molecule has 4 rings (SSSR count). The number of likely N-dealkylation sites (tertiary alicyclic amines) is 1. The van der Waals surface area contributed by atoms with Gasteiger partial charge in [0.1, 0.15) is 17.7 Å². The molecule has 0 radical (unpaired) electrons. The number of rotatable bonds is 4. The Labute approximate surface area is 175 Å². The van der Waals surface area contributed by atoms with Gasteiger partial charge in [-0.25, -0.2) is 27.1 Å². The Morgan fingerprint density at radius 1 is 1.10 bits per heavy atom.